The molecule has 1 saturated carbocycles. The van der Waals surface area contributed by atoms with Crippen LogP contribution in [0.3, 0.4) is 0 Å². The van der Waals surface area contributed by atoms with Gasteiger partial charge in [-0.2, -0.15) is 0 Å². The zero-order chi connectivity index (χ0) is 12.8. The minimum absolute atomic E-state index is 0.209. The maximum Gasteiger partial charge on any atom is 0.394 e. The quantitative estimate of drug-likeness (QED) is 0.787. The molecule has 18 heavy (non-hydrogen) atoms. The van der Waals surface area contributed by atoms with Gasteiger partial charge in [-0.05, 0) is 37.1 Å². The average molecular weight is 267 g/mol. The molecule has 98 valence electrons. The van der Waals surface area contributed by atoms with Gasteiger partial charge in [0.1, 0.15) is 5.75 Å². The molecule has 1 atom stereocenters. The molecule has 0 heterocycles. The van der Waals surface area contributed by atoms with E-state index in [-0.39, 0.29) is 6.04 Å². The summed E-state index contributed by atoms with van der Waals surface area (Å²) in [5.41, 5.74) is 0. The summed E-state index contributed by atoms with van der Waals surface area (Å²) in [6.07, 6.45) is 5.70. The summed E-state index contributed by atoms with van der Waals surface area (Å²) >= 11 is 0. The molecule has 5 heteroatoms. The van der Waals surface area contributed by atoms with Crippen molar-refractivity contribution in [2.24, 2.45) is 4.74 Å². The van der Waals surface area contributed by atoms with Crippen LogP contribution in [0, 0.1) is 0 Å². The lowest BCUT2D eigenvalue weighted by Crippen LogP contribution is -2.10. The van der Waals surface area contributed by atoms with Crippen molar-refractivity contribution < 1.29 is 14.2 Å². The van der Waals surface area contributed by atoms with Gasteiger partial charge in [0.15, 0.2) is 5.75 Å². The van der Waals surface area contributed by atoms with Crippen LogP contribution in [-0.4, -0.2) is 13.2 Å². The molecule has 2 rings (SSSR count). The molecule has 0 amide bonds. The van der Waals surface area contributed by atoms with Crippen molar-refractivity contribution >= 4 is 8.17 Å². The standard InChI is InChI=1S/C13H18NO3P/c1-16-12-7-9-13(10-8-12)17-18(15)14-11-5-3-2-4-6-11/h7-11H,2-6H2,1H3. The van der Waals surface area contributed by atoms with Crippen LogP contribution in [0.1, 0.15) is 32.1 Å². The lowest BCUT2D eigenvalue weighted by Gasteiger charge is -2.14. The number of benzene rings is 1. The van der Waals surface area contributed by atoms with Crippen LogP contribution < -0.4 is 14.2 Å². The third kappa shape index (κ3) is 3.97. The second-order valence-corrected chi connectivity index (χ2v) is 5.30. The Morgan fingerprint density at radius 1 is 1.11 bits per heavy atom. The van der Waals surface area contributed by atoms with Gasteiger partial charge in [-0.15, -0.1) is 0 Å². The fraction of sp³-hybridized carbons (Fsp3) is 0.538. The SMILES string of the molecule is COc1ccc(O[P+]([O-])=NC2CCCCC2)cc1. The van der Waals surface area contributed by atoms with Crippen LogP contribution in [0.5, 0.6) is 11.5 Å². The normalized spacial score (nSPS) is 17.6. The second-order valence-electron chi connectivity index (χ2n) is 4.41. The van der Waals surface area contributed by atoms with E-state index in [1.165, 1.54) is 19.3 Å². The Kier molecular flexibility index (Phi) is 4.97. The van der Waals surface area contributed by atoms with Crippen LogP contribution in [0.25, 0.3) is 0 Å². The first-order chi connectivity index (χ1) is 8.78. The van der Waals surface area contributed by atoms with Gasteiger partial charge in [0, 0.05) is 0 Å². The minimum Gasteiger partial charge on any atom is -0.575 e. The number of rotatable bonds is 4. The Balaban J connectivity index is 1.92. The maximum atomic E-state index is 11.8. The highest BCUT2D eigenvalue weighted by Gasteiger charge is 2.16. The largest absolute Gasteiger partial charge is 0.575 e. The van der Waals surface area contributed by atoms with Gasteiger partial charge in [0.25, 0.3) is 0 Å². The van der Waals surface area contributed by atoms with Gasteiger partial charge in [-0.25, -0.2) is 0 Å². The molecule has 0 aliphatic heterocycles. The van der Waals surface area contributed by atoms with E-state index >= 15 is 0 Å². The molecule has 1 aromatic carbocycles. The van der Waals surface area contributed by atoms with Gasteiger partial charge in [-0.1, -0.05) is 24.0 Å². The number of methoxy groups -OCH3 is 1. The molecule has 1 aliphatic carbocycles. The van der Waals surface area contributed by atoms with Crippen LogP contribution in [0.4, 0.5) is 0 Å². The summed E-state index contributed by atoms with van der Waals surface area (Å²) in [6, 6.07) is 7.24. The van der Waals surface area contributed by atoms with E-state index in [9.17, 15) is 4.89 Å². The minimum atomic E-state index is -1.96. The highest BCUT2D eigenvalue weighted by molar-refractivity contribution is 7.34. The first kappa shape index (κ1) is 13.3. The molecule has 0 N–H and O–H groups in total. The molecule has 0 saturated heterocycles. The number of hydrogen-bond acceptors (Lipinski definition) is 4. The van der Waals surface area contributed by atoms with E-state index in [2.05, 4.69) is 4.74 Å². The molecule has 1 unspecified atom stereocenters. The summed E-state index contributed by atoms with van der Waals surface area (Å²) in [7, 11) is -0.354. The van der Waals surface area contributed by atoms with Gasteiger partial charge in [-0.3, -0.25) is 4.52 Å². The van der Waals surface area contributed by atoms with Crippen molar-refractivity contribution in [3.8, 4) is 11.5 Å². The Labute approximate surface area is 109 Å². The predicted molar refractivity (Wildman–Crippen MR) is 69.8 cm³/mol. The lowest BCUT2D eigenvalue weighted by atomic mass is 9.97. The van der Waals surface area contributed by atoms with Gasteiger partial charge in [0.2, 0.25) is 0 Å². The van der Waals surface area contributed by atoms with Crippen molar-refractivity contribution in [2.75, 3.05) is 7.11 Å². The summed E-state index contributed by atoms with van der Waals surface area (Å²) in [4.78, 5) is 11.8. The first-order valence-electron chi connectivity index (χ1n) is 6.28. The molecule has 1 aliphatic rings. The van der Waals surface area contributed by atoms with Gasteiger partial charge in [0.05, 0.1) is 13.2 Å². The van der Waals surface area contributed by atoms with E-state index in [0.29, 0.717) is 5.75 Å². The van der Waals surface area contributed by atoms with E-state index in [1.54, 1.807) is 31.4 Å². The Morgan fingerprint density at radius 3 is 2.33 bits per heavy atom. The molecular weight excluding hydrogens is 249 g/mol. The highest BCUT2D eigenvalue weighted by Crippen LogP contribution is 2.29. The molecule has 0 bridgehead atoms. The van der Waals surface area contributed by atoms with Gasteiger partial charge >= 0.3 is 8.17 Å². The molecule has 4 nitrogen and oxygen atoms in total. The third-order valence-corrected chi connectivity index (χ3v) is 3.96. The van der Waals surface area contributed by atoms with E-state index in [4.69, 9.17) is 9.26 Å². The van der Waals surface area contributed by atoms with E-state index in [1.807, 2.05) is 0 Å². The number of hydrogen-bond donors (Lipinski definition) is 0. The molecule has 1 aromatic rings. The summed E-state index contributed by atoms with van der Waals surface area (Å²) in [5, 5.41) is 0. The smallest absolute Gasteiger partial charge is 0.394 e. The van der Waals surface area contributed by atoms with E-state index in [0.717, 1.165) is 18.6 Å². The molecule has 0 aromatic heterocycles. The fourth-order valence-corrected chi connectivity index (χ4v) is 2.93. The third-order valence-electron chi connectivity index (χ3n) is 3.08. The van der Waals surface area contributed by atoms with Crippen molar-refractivity contribution in [1.82, 2.24) is 0 Å². The molecule has 1 fully saturated rings. The van der Waals surface area contributed by atoms with Crippen molar-refractivity contribution in [2.45, 2.75) is 38.1 Å². The predicted octanol–water partition coefficient (Wildman–Crippen LogP) is 3.26. The number of nitrogens with zero attached hydrogens (tertiary/aromatic N) is 1. The summed E-state index contributed by atoms with van der Waals surface area (Å²) in [5.74, 6) is 1.32. The summed E-state index contributed by atoms with van der Waals surface area (Å²) in [6.45, 7) is 0. The molecule has 0 radical (unpaired) electrons. The van der Waals surface area contributed by atoms with Crippen LogP contribution >= 0.6 is 8.17 Å². The first-order valence-corrected chi connectivity index (χ1v) is 7.41. The Hall–Kier alpha value is -1.12. The van der Waals surface area contributed by atoms with Crippen molar-refractivity contribution in [3.05, 3.63) is 24.3 Å². The Bertz CT molecular complexity index is 399. The fourth-order valence-electron chi connectivity index (χ4n) is 2.08. The van der Waals surface area contributed by atoms with Crippen molar-refractivity contribution in [1.29, 1.82) is 0 Å². The maximum absolute atomic E-state index is 11.8. The van der Waals surface area contributed by atoms with Crippen LogP contribution in [-0.2, 0) is 0 Å². The monoisotopic (exact) mass is 267 g/mol. The zero-order valence-corrected chi connectivity index (χ0v) is 11.4. The van der Waals surface area contributed by atoms with Crippen LogP contribution in [0.15, 0.2) is 29.0 Å². The zero-order valence-electron chi connectivity index (χ0n) is 10.5. The van der Waals surface area contributed by atoms with Gasteiger partial charge < -0.3 is 9.63 Å². The van der Waals surface area contributed by atoms with E-state index < -0.39 is 8.17 Å². The average Bonchev–Trinajstić information content (AvgIpc) is 2.40. The Morgan fingerprint density at radius 2 is 1.72 bits per heavy atom. The number of ether oxygens (including phenoxy) is 1. The lowest BCUT2D eigenvalue weighted by molar-refractivity contribution is -0.169. The van der Waals surface area contributed by atoms with Crippen molar-refractivity contribution in [3.63, 3.8) is 0 Å². The summed E-state index contributed by atoms with van der Waals surface area (Å²) < 4.78 is 14.6. The molecule has 0 spiro atoms. The molecular formula is C13H18NO3P. The van der Waals surface area contributed by atoms with Crippen LogP contribution in [0.2, 0.25) is 0 Å². The topological polar surface area (TPSA) is 53.9 Å². The highest BCUT2D eigenvalue weighted by atomic mass is 31.1. The second kappa shape index (κ2) is 6.72.